The van der Waals surface area contributed by atoms with Crippen LogP contribution in [-0.4, -0.2) is 39.1 Å². The minimum atomic E-state index is -0.508. The highest BCUT2D eigenvalue weighted by Gasteiger charge is 2.14. The number of hydrogen-bond acceptors (Lipinski definition) is 4. The molecule has 0 atom stereocenters. The molecule has 2 amide bonds. The zero-order valence-electron chi connectivity index (χ0n) is 16.9. The summed E-state index contributed by atoms with van der Waals surface area (Å²) in [4.78, 5) is 13.7. The average molecular weight is 397 g/mol. The van der Waals surface area contributed by atoms with Crippen LogP contribution in [0.3, 0.4) is 0 Å². The fourth-order valence-corrected chi connectivity index (χ4v) is 2.79. The van der Waals surface area contributed by atoms with E-state index in [4.69, 9.17) is 4.74 Å². The van der Waals surface area contributed by atoms with E-state index in [0.717, 1.165) is 11.3 Å². The molecule has 0 unspecified atom stereocenters. The van der Waals surface area contributed by atoms with Crippen LogP contribution >= 0.6 is 0 Å². The van der Waals surface area contributed by atoms with Crippen molar-refractivity contribution in [3.05, 3.63) is 60.2 Å². The number of amides is 2. The van der Waals surface area contributed by atoms with E-state index < -0.39 is 11.8 Å². The molecule has 1 heterocycles. The molecule has 29 heavy (non-hydrogen) atoms. The van der Waals surface area contributed by atoms with Gasteiger partial charge in [0.1, 0.15) is 17.3 Å². The third-order valence-electron chi connectivity index (χ3n) is 4.17. The number of benzene rings is 2. The van der Waals surface area contributed by atoms with Crippen molar-refractivity contribution in [1.29, 1.82) is 0 Å². The van der Waals surface area contributed by atoms with Crippen molar-refractivity contribution in [2.45, 2.75) is 26.5 Å². The fraction of sp³-hybridized carbons (Fsp3) is 0.286. The first kappa shape index (κ1) is 20.3. The smallest absolute Gasteiger partial charge is 0.322 e. The Kier molecular flexibility index (Phi) is 6.11. The van der Waals surface area contributed by atoms with Crippen molar-refractivity contribution in [3.63, 3.8) is 0 Å². The van der Waals surface area contributed by atoms with E-state index in [0.29, 0.717) is 11.3 Å². The van der Waals surface area contributed by atoms with Gasteiger partial charge in [0.25, 0.3) is 0 Å². The number of hydrogen-bond donors (Lipinski definition) is 1. The summed E-state index contributed by atoms with van der Waals surface area (Å²) in [5.41, 5.74) is 2.33. The van der Waals surface area contributed by atoms with Crippen molar-refractivity contribution in [2.24, 2.45) is 7.05 Å². The Hall–Kier alpha value is -3.42. The number of nitrogens with zero attached hydrogens (tertiary/aromatic N) is 4. The molecule has 0 saturated carbocycles. The van der Waals surface area contributed by atoms with Gasteiger partial charge in [0.2, 0.25) is 0 Å². The van der Waals surface area contributed by atoms with E-state index in [1.807, 2.05) is 38.1 Å². The lowest BCUT2D eigenvalue weighted by molar-refractivity contribution is 0.220. The summed E-state index contributed by atoms with van der Waals surface area (Å²) in [6.07, 6.45) is 1.81. The number of rotatable bonds is 6. The van der Waals surface area contributed by atoms with Gasteiger partial charge in [0.05, 0.1) is 18.3 Å². The molecule has 1 aromatic heterocycles. The van der Waals surface area contributed by atoms with Gasteiger partial charge < -0.3 is 15.0 Å². The van der Waals surface area contributed by atoms with Gasteiger partial charge in [-0.1, -0.05) is 23.4 Å². The molecule has 0 saturated heterocycles. The molecule has 2 aromatic carbocycles. The average Bonchev–Trinajstić information content (AvgIpc) is 3.08. The van der Waals surface area contributed by atoms with E-state index in [-0.39, 0.29) is 18.3 Å². The number of aryl methyl sites for hydroxylation is 1. The van der Waals surface area contributed by atoms with E-state index in [1.54, 1.807) is 37.1 Å². The van der Waals surface area contributed by atoms with Crippen LogP contribution in [0.5, 0.6) is 5.75 Å². The predicted molar refractivity (Wildman–Crippen MR) is 109 cm³/mol. The summed E-state index contributed by atoms with van der Waals surface area (Å²) in [7, 11) is 3.36. The topological polar surface area (TPSA) is 72.3 Å². The zero-order chi connectivity index (χ0) is 21.0. The van der Waals surface area contributed by atoms with Crippen LogP contribution < -0.4 is 10.1 Å². The molecule has 152 valence electrons. The normalized spacial score (nSPS) is 10.8. The number of carbonyl (C=O) groups is 1. The highest BCUT2D eigenvalue weighted by molar-refractivity contribution is 5.89. The number of carbonyl (C=O) groups excluding carboxylic acids is 1. The summed E-state index contributed by atoms with van der Waals surface area (Å²) in [5, 5.41) is 10.3. The number of anilines is 1. The van der Waals surface area contributed by atoms with Crippen LogP contribution in [-0.2, 0) is 13.6 Å². The van der Waals surface area contributed by atoms with Gasteiger partial charge in [-0.2, -0.15) is 0 Å². The Balaban J connectivity index is 1.66. The van der Waals surface area contributed by atoms with Gasteiger partial charge in [-0.05, 0) is 49.2 Å². The third-order valence-corrected chi connectivity index (χ3v) is 4.17. The Bertz CT molecular complexity index is 985. The van der Waals surface area contributed by atoms with Gasteiger partial charge in [-0.25, -0.2) is 9.18 Å². The van der Waals surface area contributed by atoms with Gasteiger partial charge in [0.15, 0.2) is 0 Å². The summed E-state index contributed by atoms with van der Waals surface area (Å²) >= 11 is 0. The molecule has 0 fully saturated rings. The van der Waals surface area contributed by atoms with Gasteiger partial charge >= 0.3 is 6.03 Å². The second-order valence-corrected chi connectivity index (χ2v) is 7.06. The van der Waals surface area contributed by atoms with E-state index >= 15 is 0 Å². The van der Waals surface area contributed by atoms with E-state index in [2.05, 4.69) is 15.6 Å². The Morgan fingerprint density at radius 2 is 1.90 bits per heavy atom. The largest absolute Gasteiger partial charge is 0.491 e. The van der Waals surface area contributed by atoms with Crippen LogP contribution in [0.4, 0.5) is 14.9 Å². The molecule has 0 aliphatic heterocycles. The number of halogens is 1. The van der Waals surface area contributed by atoms with Crippen molar-refractivity contribution in [3.8, 4) is 16.9 Å². The number of ether oxygens (including phenoxy) is 1. The maximum atomic E-state index is 14.6. The van der Waals surface area contributed by atoms with Crippen molar-refractivity contribution < 1.29 is 13.9 Å². The predicted octanol–water partition coefficient (Wildman–Crippen LogP) is 4.07. The molecule has 3 aromatic rings. The molecule has 0 bridgehead atoms. The number of aromatic nitrogens is 3. The molecule has 7 nitrogen and oxygen atoms in total. The lowest BCUT2D eigenvalue weighted by Crippen LogP contribution is -2.31. The van der Waals surface area contributed by atoms with Crippen LogP contribution in [0.15, 0.2) is 48.7 Å². The van der Waals surface area contributed by atoms with Crippen molar-refractivity contribution in [2.75, 3.05) is 12.4 Å². The minimum Gasteiger partial charge on any atom is -0.491 e. The maximum absolute atomic E-state index is 14.6. The zero-order valence-corrected chi connectivity index (χ0v) is 16.9. The molecule has 0 radical (unpaired) electrons. The molecule has 1 N–H and O–H groups in total. The highest BCUT2D eigenvalue weighted by Crippen LogP contribution is 2.26. The molecular formula is C21H24FN5O2. The first-order valence-corrected chi connectivity index (χ1v) is 9.26. The second kappa shape index (κ2) is 8.72. The maximum Gasteiger partial charge on any atom is 0.322 e. The van der Waals surface area contributed by atoms with Crippen molar-refractivity contribution >= 4 is 11.7 Å². The quantitative estimate of drug-likeness (QED) is 0.681. The monoisotopic (exact) mass is 397 g/mol. The van der Waals surface area contributed by atoms with Crippen LogP contribution in [0, 0.1) is 5.82 Å². The fourth-order valence-electron chi connectivity index (χ4n) is 2.79. The number of nitrogens with one attached hydrogen (secondary N) is 1. The second-order valence-electron chi connectivity index (χ2n) is 7.06. The highest BCUT2D eigenvalue weighted by atomic mass is 19.1. The number of urea groups is 1. The Labute approximate surface area is 169 Å². The lowest BCUT2D eigenvalue weighted by atomic mass is 10.0. The van der Waals surface area contributed by atoms with E-state index in [9.17, 15) is 9.18 Å². The summed E-state index contributed by atoms with van der Waals surface area (Å²) in [5.74, 6) is 0.255. The molecule has 0 aliphatic rings. The van der Waals surface area contributed by atoms with Crippen LogP contribution in [0.1, 0.15) is 19.5 Å². The molecular weight excluding hydrogens is 373 g/mol. The Morgan fingerprint density at radius 1 is 1.21 bits per heavy atom. The SMILES string of the molecule is CC(C)Oc1ccc(-c2ccc(NC(=O)N(C)Cc3cn(C)nn3)c(F)c2)cc1. The molecule has 8 heteroatoms. The molecule has 3 rings (SSSR count). The van der Waals surface area contributed by atoms with Crippen LogP contribution in [0.2, 0.25) is 0 Å². The van der Waals surface area contributed by atoms with Crippen molar-refractivity contribution in [1.82, 2.24) is 19.9 Å². The third kappa shape index (κ3) is 5.31. The van der Waals surface area contributed by atoms with E-state index in [1.165, 1.54) is 11.0 Å². The minimum absolute atomic E-state index is 0.0910. The first-order chi connectivity index (χ1) is 13.8. The molecule has 0 spiro atoms. The van der Waals surface area contributed by atoms with Gasteiger partial charge in [0, 0.05) is 20.3 Å². The Morgan fingerprint density at radius 3 is 2.48 bits per heavy atom. The molecule has 0 aliphatic carbocycles. The first-order valence-electron chi connectivity index (χ1n) is 9.26. The van der Waals surface area contributed by atoms with Crippen LogP contribution in [0.25, 0.3) is 11.1 Å². The summed E-state index contributed by atoms with van der Waals surface area (Å²) in [6.45, 7) is 4.19. The summed E-state index contributed by atoms with van der Waals surface area (Å²) in [6, 6.07) is 11.7. The van der Waals surface area contributed by atoms with Gasteiger partial charge in [-0.3, -0.25) is 4.68 Å². The standard InChI is InChI=1S/C21H24FN5O2/c1-14(2)29-18-8-5-15(6-9-18)16-7-10-20(19(22)11-16)23-21(28)26(3)12-17-13-27(4)25-24-17/h5-11,13-14H,12H2,1-4H3,(H,23,28). The van der Waals surface area contributed by atoms with Gasteiger partial charge in [-0.15, -0.1) is 5.10 Å². The summed E-state index contributed by atoms with van der Waals surface area (Å²) < 4.78 is 21.7. The lowest BCUT2D eigenvalue weighted by Gasteiger charge is -2.17.